The maximum absolute atomic E-state index is 13.2. The van der Waals surface area contributed by atoms with Crippen molar-refractivity contribution in [3.8, 4) is 0 Å². The smallest absolute Gasteiger partial charge is 0.137 e. The van der Waals surface area contributed by atoms with E-state index in [0.29, 0.717) is 10.9 Å². The van der Waals surface area contributed by atoms with E-state index in [4.69, 9.17) is 17.3 Å². The Labute approximate surface area is 135 Å². The standard InChI is InChI=1S/C15H14BrClFNS/c16-12-8-10(5-6-14(12)18)7-11(19)9-20-15-4-2-1-3-13(15)17/h1-6,8,11H,7,9,19H2. The van der Waals surface area contributed by atoms with Crippen LogP contribution in [0.4, 0.5) is 4.39 Å². The van der Waals surface area contributed by atoms with E-state index in [9.17, 15) is 4.39 Å². The van der Waals surface area contributed by atoms with Crippen LogP contribution in [0.2, 0.25) is 5.02 Å². The monoisotopic (exact) mass is 373 g/mol. The van der Waals surface area contributed by atoms with Crippen LogP contribution in [0.25, 0.3) is 0 Å². The van der Waals surface area contributed by atoms with Gasteiger partial charge in [-0.15, -0.1) is 11.8 Å². The van der Waals surface area contributed by atoms with Crippen molar-refractivity contribution in [1.82, 2.24) is 0 Å². The Morgan fingerprint density at radius 3 is 2.70 bits per heavy atom. The van der Waals surface area contributed by atoms with E-state index in [2.05, 4.69) is 15.9 Å². The van der Waals surface area contributed by atoms with E-state index in [-0.39, 0.29) is 11.9 Å². The fourth-order valence-electron chi connectivity index (χ4n) is 1.79. The molecule has 2 aromatic rings. The number of hydrogen-bond donors (Lipinski definition) is 1. The summed E-state index contributed by atoms with van der Waals surface area (Å²) in [4.78, 5) is 1.03. The van der Waals surface area contributed by atoms with Gasteiger partial charge in [-0.1, -0.05) is 29.8 Å². The highest BCUT2D eigenvalue weighted by molar-refractivity contribution is 9.10. The number of halogens is 3. The first-order valence-electron chi connectivity index (χ1n) is 6.13. The molecular formula is C15H14BrClFNS. The summed E-state index contributed by atoms with van der Waals surface area (Å²) >= 11 is 10.9. The van der Waals surface area contributed by atoms with Gasteiger partial charge in [0, 0.05) is 16.7 Å². The Kier molecular flexibility index (Phi) is 5.90. The van der Waals surface area contributed by atoms with Gasteiger partial charge in [0.05, 0.1) is 9.50 Å². The van der Waals surface area contributed by atoms with E-state index in [1.807, 2.05) is 24.3 Å². The normalized spacial score (nSPS) is 12.4. The summed E-state index contributed by atoms with van der Waals surface area (Å²) in [5.74, 6) is 0.506. The summed E-state index contributed by atoms with van der Waals surface area (Å²) in [5, 5.41) is 0.745. The maximum atomic E-state index is 13.2. The summed E-state index contributed by atoms with van der Waals surface area (Å²) in [6, 6.07) is 12.7. The molecule has 0 amide bonds. The molecule has 0 radical (unpaired) electrons. The van der Waals surface area contributed by atoms with Gasteiger partial charge in [0.15, 0.2) is 0 Å². The van der Waals surface area contributed by atoms with Crippen molar-refractivity contribution in [1.29, 1.82) is 0 Å². The van der Waals surface area contributed by atoms with Crippen LogP contribution >= 0.6 is 39.3 Å². The predicted molar refractivity (Wildman–Crippen MR) is 88.0 cm³/mol. The van der Waals surface area contributed by atoms with Crippen molar-refractivity contribution in [3.63, 3.8) is 0 Å². The molecule has 0 spiro atoms. The largest absolute Gasteiger partial charge is 0.327 e. The van der Waals surface area contributed by atoms with Crippen LogP contribution in [-0.2, 0) is 6.42 Å². The zero-order valence-electron chi connectivity index (χ0n) is 10.7. The molecule has 0 aliphatic carbocycles. The molecule has 0 aromatic heterocycles. The minimum absolute atomic E-state index is 0.00589. The Bertz CT molecular complexity index is 594. The van der Waals surface area contributed by atoms with Crippen molar-refractivity contribution in [3.05, 3.63) is 63.3 Å². The first-order chi connectivity index (χ1) is 9.56. The Morgan fingerprint density at radius 2 is 2.00 bits per heavy atom. The highest BCUT2D eigenvalue weighted by atomic mass is 79.9. The van der Waals surface area contributed by atoms with Crippen LogP contribution in [0.15, 0.2) is 51.8 Å². The molecule has 1 atom stereocenters. The van der Waals surface area contributed by atoms with Gasteiger partial charge in [0.1, 0.15) is 5.82 Å². The van der Waals surface area contributed by atoms with E-state index < -0.39 is 0 Å². The molecule has 0 bridgehead atoms. The zero-order chi connectivity index (χ0) is 14.5. The van der Waals surface area contributed by atoms with E-state index in [1.54, 1.807) is 23.9 Å². The number of hydrogen-bond acceptors (Lipinski definition) is 2. The summed E-state index contributed by atoms with van der Waals surface area (Å²) < 4.78 is 13.6. The van der Waals surface area contributed by atoms with Crippen molar-refractivity contribution in [2.45, 2.75) is 17.4 Å². The Morgan fingerprint density at radius 1 is 1.25 bits per heavy atom. The molecule has 106 valence electrons. The Hall–Kier alpha value is -0.550. The number of nitrogens with two attached hydrogens (primary N) is 1. The van der Waals surface area contributed by atoms with Gasteiger partial charge in [-0.05, 0) is 52.2 Å². The number of benzene rings is 2. The minimum atomic E-state index is -0.257. The van der Waals surface area contributed by atoms with Crippen LogP contribution in [0.1, 0.15) is 5.56 Å². The lowest BCUT2D eigenvalue weighted by atomic mass is 10.1. The fourth-order valence-corrected chi connectivity index (χ4v) is 3.40. The molecule has 2 rings (SSSR count). The van der Waals surface area contributed by atoms with Crippen LogP contribution < -0.4 is 5.73 Å². The predicted octanol–water partition coefficient (Wildman–Crippen LogP) is 4.90. The van der Waals surface area contributed by atoms with Gasteiger partial charge in [-0.25, -0.2) is 4.39 Å². The third-order valence-corrected chi connectivity index (χ3v) is 5.08. The molecule has 2 N–H and O–H groups in total. The molecule has 1 nitrogen and oxygen atoms in total. The third kappa shape index (κ3) is 4.48. The topological polar surface area (TPSA) is 26.0 Å². The molecule has 20 heavy (non-hydrogen) atoms. The van der Waals surface area contributed by atoms with Gasteiger partial charge >= 0.3 is 0 Å². The molecule has 0 saturated carbocycles. The van der Waals surface area contributed by atoms with Crippen molar-refractivity contribution in [2.24, 2.45) is 5.73 Å². The lowest BCUT2D eigenvalue weighted by molar-refractivity contribution is 0.619. The van der Waals surface area contributed by atoms with Crippen LogP contribution in [-0.4, -0.2) is 11.8 Å². The van der Waals surface area contributed by atoms with E-state index >= 15 is 0 Å². The van der Waals surface area contributed by atoms with Crippen molar-refractivity contribution >= 4 is 39.3 Å². The second kappa shape index (κ2) is 7.46. The van der Waals surface area contributed by atoms with Gasteiger partial charge in [-0.2, -0.15) is 0 Å². The average molecular weight is 375 g/mol. The van der Waals surface area contributed by atoms with Crippen molar-refractivity contribution in [2.75, 3.05) is 5.75 Å². The summed E-state index contributed by atoms with van der Waals surface area (Å²) in [5.41, 5.74) is 7.14. The van der Waals surface area contributed by atoms with Gasteiger partial charge in [-0.3, -0.25) is 0 Å². The number of thioether (sulfide) groups is 1. The first kappa shape index (κ1) is 15.8. The lowest BCUT2D eigenvalue weighted by Gasteiger charge is -2.12. The maximum Gasteiger partial charge on any atom is 0.137 e. The van der Waals surface area contributed by atoms with Crippen LogP contribution in [0.5, 0.6) is 0 Å². The first-order valence-corrected chi connectivity index (χ1v) is 8.29. The fraction of sp³-hybridized carbons (Fsp3) is 0.200. The second-order valence-corrected chi connectivity index (χ2v) is 6.78. The van der Waals surface area contributed by atoms with Crippen LogP contribution in [0.3, 0.4) is 0 Å². The molecule has 0 fully saturated rings. The van der Waals surface area contributed by atoms with Gasteiger partial charge in [0.25, 0.3) is 0 Å². The summed E-state index contributed by atoms with van der Waals surface area (Å²) in [6.07, 6.45) is 0.705. The Balaban J connectivity index is 1.91. The molecule has 0 aliphatic rings. The molecule has 1 unspecified atom stereocenters. The number of rotatable bonds is 5. The molecule has 5 heteroatoms. The quantitative estimate of drug-likeness (QED) is 0.753. The molecule has 0 heterocycles. The summed E-state index contributed by atoms with van der Waals surface area (Å²) in [6.45, 7) is 0. The average Bonchev–Trinajstić information content (AvgIpc) is 2.42. The van der Waals surface area contributed by atoms with E-state index in [1.165, 1.54) is 6.07 Å². The van der Waals surface area contributed by atoms with Gasteiger partial charge in [0.2, 0.25) is 0 Å². The highest BCUT2D eigenvalue weighted by Crippen LogP contribution is 2.27. The highest BCUT2D eigenvalue weighted by Gasteiger charge is 2.08. The SMILES string of the molecule is NC(CSc1ccccc1Cl)Cc1ccc(F)c(Br)c1. The molecular weight excluding hydrogens is 361 g/mol. The zero-order valence-corrected chi connectivity index (χ0v) is 13.8. The van der Waals surface area contributed by atoms with E-state index in [0.717, 1.165) is 21.2 Å². The minimum Gasteiger partial charge on any atom is -0.327 e. The van der Waals surface area contributed by atoms with Crippen molar-refractivity contribution < 1.29 is 4.39 Å². The third-order valence-electron chi connectivity index (χ3n) is 2.77. The van der Waals surface area contributed by atoms with Gasteiger partial charge < -0.3 is 5.73 Å². The molecule has 0 aliphatic heterocycles. The lowest BCUT2D eigenvalue weighted by Crippen LogP contribution is -2.25. The molecule has 2 aromatic carbocycles. The second-order valence-electron chi connectivity index (χ2n) is 4.45. The molecule has 0 saturated heterocycles. The van der Waals surface area contributed by atoms with Crippen LogP contribution in [0, 0.1) is 5.82 Å². The summed E-state index contributed by atoms with van der Waals surface area (Å²) in [7, 11) is 0.